The molecule has 2 N–H and O–H groups in total. The number of ether oxygens (including phenoxy) is 2. The lowest BCUT2D eigenvalue weighted by Gasteiger charge is -2.19. The van der Waals surface area contributed by atoms with Crippen LogP contribution in [0.3, 0.4) is 0 Å². The van der Waals surface area contributed by atoms with Crippen LogP contribution in [0.15, 0.2) is 82.5 Å². The zero-order valence-corrected chi connectivity index (χ0v) is 17.7. The summed E-state index contributed by atoms with van der Waals surface area (Å²) in [6.45, 7) is 3.92. The SMILES string of the molecule is C=C[C@@H](c1ccc(OC)c(OC)c1)c1c(O)cc(O)c2c(=O)cc(-c3ccccc3)oc12. The molecule has 6 nitrogen and oxygen atoms in total. The van der Waals surface area contributed by atoms with Gasteiger partial charge in [0.05, 0.1) is 14.2 Å². The second kappa shape index (κ2) is 8.51. The fraction of sp³-hybridized carbons (Fsp3) is 0.115. The monoisotopic (exact) mass is 430 g/mol. The van der Waals surface area contributed by atoms with Gasteiger partial charge in [-0.3, -0.25) is 4.79 Å². The lowest BCUT2D eigenvalue weighted by atomic mass is 9.88. The first kappa shape index (κ1) is 21.1. The maximum atomic E-state index is 12.9. The van der Waals surface area contributed by atoms with Gasteiger partial charge in [-0.15, -0.1) is 6.58 Å². The van der Waals surface area contributed by atoms with Crippen LogP contribution in [0.25, 0.3) is 22.3 Å². The van der Waals surface area contributed by atoms with Crippen LogP contribution in [0, 0.1) is 0 Å². The van der Waals surface area contributed by atoms with Crippen molar-refractivity contribution in [3.63, 3.8) is 0 Å². The van der Waals surface area contributed by atoms with Crippen LogP contribution in [0.2, 0.25) is 0 Å². The van der Waals surface area contributed by atoms with Gasteiger partial charge >= 0.3 is 0 Å². The van der Waals surface area contributed by atoms with Crippen molar-refractivity contribution in [1.82, 2.24) is 0 Å². The molecule has 0 aliphatic heterocycles. The van der Waals surface area contributed by atoms with E-state index < -0.39 is 11.3 Å². The molecule has 0 bridgehead atoms. The minimum absolute atomic E-state index is 0.00944. The van der Waals surface area contributed by atoms with Crippen molar-refractivity contribution in [2.75, 3.05) is 14.2 Å². The average molecular weight is 430 g/mol. The van der Waals surface area contributed by atoms with E-state index in [-0.39, 0.29) is 22.5 Å². The van der Waals surface area contributed by atoms with Gasteiger partial charge in [0, 0.05) is 29.2 Å². The first-order valence-corrected chi connectivity index (χ1v) is 9.91. The Hall–Kier alpha value is -4.19. The first-order valence-electron chi connectivity index (χ1n) is 9.91. The zero-order chi connectivity index (χ0) is 22.8. The van der Waals surface area contributed by atoms with Crippen molar-refractivity contribution in [2.45, 2.75) is 5.92 Å². The fourth-order valence-electron chi connectivity index (χ4n) is 3.83. The lowest BCUT2D eigenvalue weighted by molar-refractivity contribution is 0.354. The van der Waals surface area contributed by atoms with Gasteiger partial charge in [0.25, 0.3) is 0 Å². The number of hydrogen-bond acceptors (Lipinski definition) is 6. The minimum Gasteiger partial charge on any atom is -0.507 e. The Morgan fingerprint density at radius 3 is 2.31 bits per heavy atom. The van der Waals surface area contributed by atoms with Crippen molar-refractivity contribution in [3.05, 3.63) is 94.7 Å². The molecule has 0 aliphatic carbocycles. The Labute approximate surface area is 184 Å². The second-order valence-corrected chi connectivity index (χ2v) is 7.20. The Morgan fingerprint density at radius 1 is 0.938 bits per heavy atom. The van der Waals surface area contributed by atoms with E-state index in [0.717, 1.165) is 11.6 Å². The number of aromatic hydroxyl groups is 2. The number of methoxy groups -OCH3 is 2. The summed E-state index contributed by atoms with van der Waals surface area (Å²) in [4.78, 5) is 12.9. The van der Waals surface area contributed by atoms with E-state index >= 15 is 0 Å². The van der Waals surface area contributed by atoms with Gasteiger partial charge in [-0.2, -0.15) is 0 Å². The van der Waals surface area contributed by atoms with Gasteiger partial charge in [-0.05, 0) is 17.7 Å². The van der Waals surface area contributed by atoms with Crippen molar-refractivity contribution < 1.29 is 24.1 Å². The molecule has 0 fully saturated rings. The molecule has 1 atom stereocenters. The smallest absolute Gasteiger partial charge is 0.197 e. The molecular formula is C26H22O6. The lowest BCUT2D eigenvalue weighted by Crippen LogP contribution is -2.06. The number of fused-ring (bicyclic) bond motifs is 1. The predicted molar refractivity (Wildman–Crippen MR) is 123 cm³/mol. The number of phenolic OH excluding ortho intramolecular Hbond substituents is 2. The molecule has 1 heterocycles. The van der Waals surface area contributed by atoms with Crippen LogP contribution in [-0.2, 0) is 0 Å². The highest BCUT2D eigenvalue weighted by atomic mass is 16.5. The highest BCUT2D eigenvalue weighted by Crippen LogP contribution is 2.43. The largest absolute Gasteiger partial charge is 0.507 e. The molecule has 0 saturated heterocycles. The topological polar surface area (TPSA) is 89.1 Å². The van der Waals surface area contributed by atoms with E-state index in [1.807, 2.05) is 36.4 Å². The van der Waals surface area contributed by atoms with Crippen molar-refractivity contribution >= 4 is 11.0 Å². The van der Waals surface area contributed by atoms with Crippen LogP contribution in [0.1, 0.15) is 17.0 Å². The third kappa shape index (κ3) is 3.56. The van der Waals surface area contributed by atoms with Gasteiger partial charge in [-0.25, -0.2) is 0 Å². The van der Waals surface area contributed by atoms with Crippen molar-refractivity contribution in [3.8, 4) is 34.3 Å². The van der Waals surface area contributed by atoms with Crippen molar-refractivity contribution in [1.29, 1.82) is 0 Å². The molecule has 162 valence electrons. The van der Waals surface area contributed by atoms with Gasteiger partial charge < -0.3 is 24.1 Å². The quantitative estimate of drug-likeness (QED) is 0.409. The molecule has 0 saturated carbocycles. The summed E-state index contributed by atoms with van der Waals surface area (Å²) in [5.41, 5.74) is 1.41. The Bertz CT molecular complexity index is 1350. The van der Waals surface area contributed by atoms with Crippen LogP contribution < -0.4 is 14.9 Å². The summed E-state index contributed by atoms with van der Waals surface area (Å²) in [7, 11) is 3.07. The summed E-state index contributed by atoms with van der Waals surface area (Å²) in [6.07, 6.45) is 1.63. The number of phenols is 2. The standard InChI is InChI=1S/C26H22O6/c1-4-17(16-10-11-21(30-2)23(12-16)31-3)24-18(27)13-19(28)25-20(29)14-22(32-26(24)25)15-8-6-5-7-9-15/h4-14,17,27-28H,1H2,2-3H3/t17-/m0/s1. The van der Waals surface area contributed by atoms with E-state index in [0.29, 0.717) is 28.4 Å². The number of benzene rings is 3. The van der Waals surface area contributed by atoms with Crippen molar-refractivity contribution in [2.24, 2.45) is 0 Å². The Balaban J connectivity index is 2.01. The van der Waals surface area contributed by atoms with E-state index in [1.165, 1.54) is 13.2 Å². The van der Waals surface area contributed by atoms with Gasteiger partial charge in [-0.1, -0.05) is 42.5 Å². The normalized spacial score (nSPS) is 11.8. The van der Waals surface area contributed by atoms with E-state index in [1.54, 1.807) is 25.3 Å². The Kier molecular flexibility index (Phi) is 5.60. The van der Waals surface area contributed by atoms with Gasteiger partial charge in [0.15, 0.2) is 16.9 Å². The van der Waals surface area contributed by atoms with Crippen LogP contribution in [0.5, 0.6) is 23.0 Å². The zero-order valence-electron chi connectivity index (χ0n) is 17.7. The molecule has 6 heteroatoms. The first-order chi connectivity index (χ1) is 15.5. The van der Waals surface area contributed by atoms with Gasteiger partial charge in [0.2, 0.25) is 0 Å². The maximum Gasteiger partial charge on any atom is 0.197 e. The highest BCUT2D eigenvalue weighted by Gasteiger charge is 2.25. The van der Waals surface area contributed by atoms with Crippen LogP contribution >= 0.6 is 0 Å². The molecule has 0 spiro atoms. The number of hydrogen-bond donors (Lipinski definition) is 2. The molecule has 3 aromatic carbocycles. The summed E-state index contributed by atoms with van der Waals surface area (Å²) < 4.78 is 16.8. The van der Waals surface area contributed by atoms with Gasteiger partial charge in [0.1, 0.15) is 28.2 Å². The molecule has 4 aromatic rings. The third-order valence-electron chi connectivity index (χ3n) is 5.37. The van der Waals surface area contributed by atoms with Crippen LogP contribution in [-0.4, -0.2) is 24.4 Å². The van der Waals surface area contributed by atoms with Crippen LogP contribution in [0.4, 0.5) is 0 Å². The fourth-order valence-corrected chi connectivity index (χ4v) is 3.83. The molecule has 32 heavy (non-hydrogen) atoms. The molecule has 4 rings (SSSR count). The maximum absolute atomic E-state index is 12.9. The minimum atomic E-state index is -0.563. The Morgan fingerprint density at radius 2 is 1.66 bits per heavy atom. The summed E-state index contributed by atoms with van der Waals surface area (Å²) >= 11 is 0. The average Bonchev–Trinajstić information content (AvgIpc) is 2.81. The summed E-state index contributed by atoms with van der Waals surface area (Å²) in [5, 5.41) is 21.2. The second-order valence-electron chi connectivity index (χ2n) is 7.20. The number of allylic oxidation sites excluding steroid dienone is 1. The predicted octanol–water partition coefficient (Wildman–Crippen LogP) is 5.21. The number of rotatable bonds is 6. The molecule has 0 amide bonds. The third-order valence-corrected chi connectivity index (χ3v) is 5.37. The van der Waals surface area contributed by atoms with E-state index in [2.05, 4.69) is 6.58 Å². The summed E-state index contributed by atoms with van der Waals surface area (Å²) in [5.74, 6) is 0.243. The van der Waals surface area contributed by atoms with E-state index in [4.69, 9.17) is 13.9 Å². The molecule has 1 aromatic heterocycles. The van der Waals surface area contributed by atoms with E-state index in [9.17, 15) is 15.0 Å². The molecule has 0 aliphatic rings. The molecule has 0 unspecified atom stereocenters. The summed E-state index contributed by atoms with van der Waals surface area (Å²) in [6, 6.07) is 16.9. The molecule has 0 radical (unpaired) electrons. The highest BCUT2D eigenvalue weighted by molar-refractivity contribution is 5.90. The molecular weight excluding hydrogens is 408 g/mol.